The van der Waals surface area contributed by atoms with E-state index in [2.05, 4.69) is 0 Å². The molecular formula is C17H20N3O5S+. The number of esters is 1. The summed E-state index contributed by atoms with van der Waals surface area (Å²) in [6, 6.07) is 8.43. The topological polar surface area (TPSA) is 88.4 Å². The summed E-state index contributed by atoms with van der Waals surface area (Å²) >= 11 is 1.50. The number of imide groups is 2. The molecule has 2 saturated heterocycles. The van der Waals surface area contributed by atoms with Crippen molar-refractivity contribution >= 4 is 35.6 Å². The Labute approximate surface area is 155 Å². The summed E-state index contributed by atoms with van der Waals surface area (Å²) in [5, 5.41) is -0.326. The highest BCUT2D eigenvalue weighted by Gasteiger charge is 2.46. The minimum Gasteiger partial charge on any atom is -0.468 e. The number of urea groups is 1. The van der Waals surface area contributed by atoms with Crippen LogP contribution in [0.4, 0.5) is 4.79 Å². The Morgan fingerprint density at radius 3 is 2.58 bits per heavy atom. The molecule has 0 bridgehead atoms. The van der Waals surface area contributed by atoms with E-state index in [1.165, 1.54) is 18.9 Å². The summed E-state index contributed by atoms with van der Waals surface area (Å²) in [7, 11) is 1.34. The van der Waals surface area contributed by atoms with Crippen molar-refractivity contribution in [2.45, 2.75) is 11.8 Å². The number of carbonyl (C=O) groups is 4. The maximum Gasteiger partial charge on any atom is 0.339 e. The van der Waals surface area contributed by atoms with E-state index in [1.807, 2.05) is 18.2 Å². The van der Waals surface area contributed by atoms with Gasteiger partial charge in [-0.25, -0.2) is 9.69 Å². The van der Waals surface area contributed by atoms with Crippen LogP contribution >= 0.6 is 11.8 Å². The van der Waals surface area contributed by atoms with Gasteiger partial charge >= 0.3 is 23.8 Å². The monoisotopic (exact) mass is 378 g/mol. The molecular weight excluding hydrogens is 358 g/mol. The number of carbonyl (C=O) groups excluding carboxylic acids is 4. The van der Waals surface area contributed by atoms with Crippen molar-refractivity contribution in [3.05, 3.63) is 35.9 Å². The second kappa shape index (κ2) is 7.88. The second-order valence-corrected chi connectivity index (χ2v) is 7.45. The van der Waals surface area contributed by atoms with Gasteiger partial charge in [0.1, 0.15) is 6.54 Å². The molecule has 1 unspecified atom stereocenters. The van der Waals surface area contributed by atoms with E-state index in [-0.39, 0.29) is 24.4 Å². The fourth-order valence-electron chi connectivity index (χ4n) is 3.01. The van der Waals surface area contributed by atoms with Crippen molar-refractivity contribution < 1.29 is 28.8 Å². The molecule has 138 valence electrons. The van der Waals surface area contributed by atoms with Crippen LogP contribution in [0.5, 0.6) is 0 Å². The lowest BCUT2D eigenvalue weighted by Gasteiger charge is -2.29. The molecule has 1 aromatic rings. The van der Waals surface area contributed by atoms with Crippen LogP contribution in [-0.4, -0.2) is 71.5 Å². The second-order valence-electron chi connectivity index (χ2n) is 6.14. The van der Waals surface area contributed by atoms with Gasteiger partial charge in [-0.15, -0.1) is 11.8 Å². The average Bonchev–Trinajstić information content (AvgIpc) is 2.86. The predicted molar refractivity (Wildman–Crippen MR) is 93.1 cm³/mol. The van der Waals surface area contributed by atoms with Gasteiger partial charge < -0.3 is 9.64 Å². The number of rotatable bonds is 5. The Balaban J connectivity index is 1.66. The van der Waals surface area contributed by atoms with Crippen LogP contribution in [0.15, 0.2) is 30.3 Å². The van der Waals surface area contributed by atoms with Crippen molar-refractivity contribution in [3.63, 3.8) is 0 Å². The molecule has 0 radical (unpaired) electrons. The fourth-order valence-corrected chi connectivity index (χ4v) is 4.29. The first-order valence-electron chi connectivity index (χ1n) is 8.25. The Bertz CT molecular complexity index is 726. The molecule has 3 rings (SSSR count). The number of quaternary nitrogens is 1. The van der Waals surface area contributed by atoms with Crippen LogP contribution in [-0.2, 0) is 25.7 Å². The molecule has 4 amide bonds. The zero-order chi connectivity index (χ0) is 18.7. The number of thioether (sulfide) groups is 1. The number of hydrogen-bond donors (Lipinski definition) is 1. The molecule has 9 heteroatoms. The lowest BCUT2D eigenvalue weighted by atomic mass is 10.2. The Hall–Kier alpha value is -2.39. The number of nitrogens with one attached hydrogen (secondary N) is 1. The zero-order valence-corrected chi connectivity index (χ0v) is 15.2. The zero-order valence-electron chi connectivity index (χ0n) is 14.3. The number of methoxy groups -OCH3 is 1. The van der Waals surface area contributed by atoms with Gasteiger partial charge in [-0.3, -0.25) is 19.3 Å². The largest absolute Gasteiger partial charge is 0.468 e. The molecule has 0 aromatic heterocycles. The molecule has 8 nitrogen and oxygen atoms in total. The normalized spacial score (nSPS) is 23.5. The van der Waals surface area contributed by atoms with Gasteiger partial charge in [0.2, 0.25) is 0 Å². The minimum atomic E-state index is -0.814. The number of nitrogens with zero attached hydrogens (tertiary/aromatic N) is 2. The molecule has 2 fully saturated rings. The summed E-state index contributed by atoms with van der Waals surface area (Å²) < 4.78 is 4.77. The van der Waals surface area contributed by atoms with Crippen LogP contribution in [0.3, 0.4) is 0 Å². The van der Waals surface area contributed by atoms with Gasteiger partial charge in [-0.1, -0.05) is 30.3 Å². The first kappa shape index (κ1) is 18.4. The summed E-state index contributed by atoms with van der Waals surface area (Å²) in [6.45, 7) is 1.28. The van der Waals surface area contributed by atoms with Crippen LogP contribution in [0, 0.1) is 0 Å². The maximum absolute atomic E-state index is 12.6. The molecule has 2 atom stereocenters. The van der Waals surface area contributed by atoms with Crippen LogP contribution in [0.1, 0.15) is 5.56 Å². The highest BCUT2D eigenvalue weighted by atomic mass is 32.2. The smallest absolute Gasteiger partial charge is 0.339 e. The van der Waals surface area contributed by atoms with Crippen LogP contribution < -0.4 is 4.90 Å². The van der Waals surface area contributed by atoms with Crippen molar-refractivity contribution in [2.24, 2.45) is 0 Å². The van der Waals surface area contributed by atoms with E-state index in [1.54, 1.807) is 12.1 Å². The van der Waals surface area contributed by atoms with E-state index in [0.717, 1.165) is 20.3 Å². The third kappa shape index (κ3) is 3.73. The Kier molecular flexibility index (Phi) is 5.58. The summed E-state index contributed by atoms with van der Waals surface area (Å²) in [4.78, 5) is 51.6. The van der Waals surface area contributed by atoms with Crippen LogP contribution in [0.2, 0.25) is 0 Å². The van der Waals surface area contributed by atoms with Crippen molar-refractivity contribution in [2.75, 3.05) is 32.6 Å². The maximum atomic E-state index is 12.6. The highest BCUT2D eigenvalue weighted by Crippen LogP contribution is 2.16. The molecule has 0 aliphatic carbocycles. The van der Waals surface area contributed by atoms with E-state index < -0.39 is 17.8 Å². The Morgan fingerprint density at radius 1 is 1.19 bits per heavy atom. The molecule has 0 spiro atoms. The van der Waals surface area contributed by atoms with E-state index in [0.29, 0.717) is 18.8 Å². The minimum absolute atomic E-state index is 0.0662. The summed E-state index contributed by atoms with van der Waals surface area (Å²) in [5.74, 6) is -1.22. The SMILES string of the molecule is COC(=O)[C@H]1C[NH+](CN2C(=O)C(=O)N(Cc3ccccc3)C2=O)CCS1. The summed E-state index contributed by atoms with van der Waals surface area (Å²) in [5.41, 5.74) is 0.774. The van der Waals surface area contributed by atoms with E-state index in [4.69, 9.17) is 4.74 Å². The van der Waals surface area contributed by atoms with Gasteiger partial charge in [0, 0.05) is 5.75 Å². The van der Waals surface area contributed by atoms with Crippen molar-refractivity contribution in [1.29, 1.82) is 0 Å². The lowest BCUT2D eigenvalue weighted by Crippen LogP contribution is -3.16. The third-order valence-electron chi connectivity index (χ3n) is 4.41. The number of amides is 4. The average molecular weight is 378 g/mol. The van der Waals surface area contributed by atoms with Gasteiger partial charge in [-0.05, 0) is 5.56 Å². The third-order valence-corrected chi connectivity index (χ3v) is 5.61. The van der Waals surface area contributed by atoms with Gasteiger partial charge in [0.15, 0.2) is 11.9 Å². The molecule has 2 aliphatic heterocycles. The van der Waals surface area contributed by atoms with Crippen molar-refractivity contribution in [3.8, 4) is 0 Å². The molecule has 1 N–H and O–H groups in total. The van der Waals surface area contributed by atoms with Gasteiger partial charge in [-0.2, -0.15) is 0 Å². The lowest BCUT2D eigenvalue weighted by molar-refractivity contribution is -0.905. The van der Waals surface area contributed by atoms with Crippen molar-refractivity contribution in [1.82, 2.24) is 9.80 Å². The van der Waals surface area contributed by atoms with Gasteiger partial charge in [0.05, 0.1) is 20.2 Å². The summed E-state index contributed by atoms with van der Waals surface area (Å²) in [6.07, 6.45) is 0. The Morgan fingerprint density at radius 2 is 1.88 bits per heavy atom. The standard InChI is InChI=1S/C17H19N3O5S/c1-25-16(23)13-10-18(7-8-26-13)11-20-15(22)14(21)19(17(20)24)9-12-5-3-2-4-6-12/h2-6,13H,7-11H2,1H3/p+1/t13-/m1/s1. The molecule has 2 heterocycles. The number of hydrogen-bond acceptors (Lipinski definition) is 6. The first-order valence-corrected chi connectivity index (χ1v) is 9.30. The predicted octanol–water partition coefficient (Wildman–Crippen LogP) is -0.892. The van der Waals surface area contributed by atoms with Crippen LogP contribution in [0.25, 0.3) is 0 Å². The first-order chi connectivity index (χ1) is 12.5. The number of ether oxygens (including phenoxy) is 1. The van der Waals surface area contributed by atoms with E-state index >= 15 is 0 Å². The molecule has 1 aromatic carbocycles. The van der Waals surface area contributed by atoms with Gasteiger partial charge in [0.25, 0.3) is 0 Å². The van der Waals surface area contributed by atoms with E-state index in [9.17, 15) is 19.2 Å². The molecule has 2 aliphatic rings. The fraction of sp³-hybridized carbons (Fsp3) is 0.412. The number of benzene rings is 1. The molecule has 26 heavy (non-hydrogen) atoms. The highest BCUT2D eigenvalue weighted by molar-refractivity contribution is 8.00. The quantitative estimate of drug-likeness (QED) is 0.406. The molecule has 0 saturated carbocycles.